The summed E-state index contributed by atoms with van der Waals surface area (Å²) < 4.78 is 0. The highest BCUT2D eigenvalue weighted by Crippen LogP contribution is 2.27. The van der Waals surface area contributed by atoms with Gasteiger partial charge in [0.2, 0.25) is 0 Å². The maximum atomic E-state index is 11.9. The first-order chi connectivity index (χ1) is 9.81. The van der Waals surface area contributed by atoms with Crippen molar-refractivity contribution < 1.29 is 0 Å². The lowest BCUT2D eigenvalue weighted by molar-refractivity contribution is 0.250. The highest BCUT2D eigenvalue weighted by atomic mass is 16.1. The van der Waals surface area contributed by atoms with Crippen LogP contribution in [0.15, 0.2) is 29.3 Å². The third kappa shape index (κ3) is 1.89. The number of piperidine rings is 1. The van der Waals surface area contributed by atoms with Crippen LogP contribution in [-0.2, 0) is 0 Å². The van der Waals surface area contributed by atoms with E-state index < -0.39 is 0 Å². The Kier molecular flexibility index (Phi) is 2.73. The maximum absolute atomic E-state index is 11.9. The van der Waals surface area contributed by atoms with Crippen molar-refractivity contribution in [1.29, 1.82) is 0 Å². The SMILES string of the molecule is O=c1[nH]cnc2ccc(N3CCN4CCC3CC4)cc12. The number of aromatic amines is 1. The van der Waals surface area contributed by atoms with E-state index in [1.807, 2.05) is 12.1 Å². The smallest absolute Gasteiger partial charge is 0.258 e. The standard InChI is InChI=1S/C15H18N4O/c20-15-13-9-12(1-2-14(13)16-10-17-15)19-8-7-18-5-3-11(19)4-6-18/h1-2,9-11H,3-8H2,(H,16,17,20). The minimum Gasteiger partial charge on any atom is -0.367 e. The fourth-order valence-electron chi connectivity index (χ4n) is 3.46. The molecule has 0 amide bonds. The summed E-state index contributed by atoms with van der Waals surface area (Å²) in [6, 6.07) is 6.66. The molecule has 0 saturated carbocycles. The molecule has 0 aliphatic carbocycles. The van der Waals surface area contributed by atoms with Crippen LogP contribution >= 0.6 is 0 Å². The Bertz CT molecular complexity index is 688. The summed E-state index contributed by atoms with van der Waals surface area (Å²) in [5.74, 6) is 0. The zero-order valence-corrected chi connectivity index (χ0v) is 11.4. The molecule has 3 aliphatic rings. The lowest BCUT2D eigenvalue weighted by atomic mass is 10.0. The third-order valence-electron chi connectivity index (χ3n) is 4.61. The summed E-state index contributed by atoms with van der Waals surface area (Å²) in [6.07, 6.45) is 3.91. The van der Waals surface area contributed by atoms with Gasteiger partial charge in [-0.3, -0.25) is 4.79 Å². The van der Waals surface area contributed by atoms with Crippen LogP contribution in [0.1, 0.15) is 12.8 Å². The van der Waals surface area contributed by atoms with E-state index in [-0.39, 0.29) is 5.56 Å². The quantitative estimate of drug-likeness (QED) is 0.846. The number of anilines is 1. The zero-order valence-electron chi connectivity index (χ0n) is 11.4. The molecule has 4 heterocycles. The van der Waals surface area contributed by atoms with Crippen LogP contribution in [0.4, 0.5) is 5.69 Å². The Balaban J connectivity index is 1.78. The predicted molar refractivity (Wildman–Crippen MR) is 79.2 cm³/mol. The molecule has 1 N–H and O–H groups in total. The number of nitrogens with zero attached hydrogens (tertiary/aromatic N) is 3. The molecule has 5 nitrogen and oxygen atoms in total. The fourth-order valence-corrected chi connectivity index (χ4v) is 3.46. The van der Waals surface area contributed by atoms with Crippen LogP contribution in [0.3, 0.4) is 0 Å². The predicted octanol–water partition coefficient (Wildman–Crippen LogP) is 1.21. The molecule has 0 radical (unpaired) electrons. The molecule has 0 atom stereocenters. The second-order valence-electron chi connectivity index (χ2n) is 5.70. The Hall–Kier alpha value is -1.88. The number of nitrogens with one attached hydrogen (secondary N) is 1. The van der Waals surface area contributed by atoms with Gasteiger partial charge < -0.3 is 14.8 Å². The number of rotatable bonds is 1. The van der Waals surface area contributed by atoms with Gasteiger partial charge in [-0.15, -0.1) is 0 Å². The average Bonchev–Trinajstić information content (AvgIpc) is 2.81. The van der Waals surface area contributed by atoms with Gasteiger partial charge in [-0.05, 0) is 31.0 Å². The molecule has 3 aliphatic heterocycles. The maximum Gasteiger partial charge on any atom is 0.258 e. The molecule has 5 rings (SSSR count). The second-order valence-corrected chi connectivity index (χ2v) is 5.70. The van der Waals surface area contributed by atoms with Gasteiger partial charge in [0.25, 0.3) is 5.56 Å². The topological polar surface area (TPSA) is 52.2 Å². The third-order valence-corrected chi connectivity index (χ3v) is 4.61. The van der Waals surface area contributed by atoms with Crippen molar-refractivity contribution in [3.63, 3.8) is 0 Å². The Morgan fingerprint density at radius 1 is 1.15 bits per heavy atom. The van der Waals surface area contributed by atoms with E-state index in [1.54, 1.807) is 0 Å². The van der Waals surface area contributed by atoms with Gasteiger partial charge in [-0.25, -0.2) is 4.98 Å². The molecule has 104 valence electrons. The highest BCUT2D eigenvalue weighted by molar-refractivity contribution is 5.81. The Morgan fingerprint density at radius 3 is 2.85 bits per heavy atom. The Morgan fingerprint density at radius 2 is 2.00 bits per heavy atom. The van der Waals surface area contributed by atoms with Crippen molar-refractivity contribution in [1.82, 2.24) is 14.9 Å². The summed E-state index contributed by atoms with van der Waals surface area (Å²) in [5.41, 5.74) is 1.87. The van der Waals surface area contributed by atoms with Gasteiger partial charge in [-0.2, -0.15) is 0 Å². The van der Waals surface area contributed by atoms with Crippen molar-refractivity contribution in [2.24, 2.45) is 0 Å². The van der Waals surface area contributed by atoms with Gasteiger partial charge >= 0.3 is 0 Å². The molecule has 2 aromatic rings. The number of hydrogen-bond acceptors (Lipinski definition) is 4. The van der Waals surface area contributed by atoms with E-state index in [0.29, 0.717) is 11.4 Å². The van der Waals surface area contributed by atoms with Crippen molar-refractivity contribution in [3.8, 4) is 0 Å². The van der Waals surface area contributed by atoms with E-state index in [0.717, 1.165) is 24.3 Å². The van der Waals surface area contributed by atoms with Gasteiger partial charge in [0, 0.05) is 37.9 Å². The van der Waals surface area contributed by atoms with Gasteiger partial charge in [0.1, 0.15) is 0 Å². The summed E-state index contributed by atoms with van der Waals surface area (Å²) in [4.78, 5) is 23.8. The van der Waals surface area contributed by atoms with E-state index in [9.17, 15) is 4.79 Å². The van der Waals surface area contributed by atoms with Crippen molar-refractivity contribution in [3.05, 3.63) is 34.9 Å². The van der Waals surface area contributed by atoms with Crippen LogP contribution < -0.4 is 10.5 Å². The van der Waals surface area contributed by atoms with Crippen molar-refractivity contribution in [2.45, 2.75) is 18.9 Å². The summed E-state index contributed by atoms with van der Waals surface area (Å²) in [6.45, 7) is 4.58. The molecule has 20 heavy (non-hydrogen) atoms. The zero-order chi connectivity index (χ0) is 13.5. The van der Waals surface area contributed by atoms with E-state index >= 15 is 0 Å². The van der Waals surface area contributed by atoms with Crippen molar-refractivity contribution >= 4 is 16.6 Å². The lowest BCUT2D eigenvalue weighted by Crippen LogP contribution is -2.37. The fraction of sp³-hybridized carbons (Fsp3) is 0.467. The Labute approximate surface area is 117 Å². The highest BCUT2D eigenvalue weighted by Gasteiger charge is 2.29. The molecule has 3 fully saturated rings. The van der Waals surface area contributed by atoms with Gasteiger partial charge in [0.15, 0.2) is 0 Å². The first-order valence-corrected chi connectivity index (χ1v) is 7.28. The average molecular weight is 270 g/mol. The monoisotopic (exact) mass is 270 g/mol. The minimum absolute atomic E-state index is 0.0558. The van der Waals surface area contributed by atoms with Crippen LogP contribution in [-0.4, -0.2) is 47.1 Å². The number of hydrogen-bond donors (Lipinski definition) is 1. The van der Waals surface area contributed by atoms with E-state index in [4.69, 9.17) is 0 Å². The molecular weight excluding hydrogens is 252 g/mol. The number of fused-ring (bicyclic) bond motifs is 5. The van der Waals surface area contributed by atoms with Crippen molar-refractivity contribution in [2.75, 3.05) is 31.1 Å². The number of H-pyrrole nitrogens is 1. The molecule has 1 aromatic carbocycles. The molecule has 0 unspecified atom stereocenters. The van der Waals surface area contributed by atoms with Gasteiger partial charge in [-0.1, -0.05) is 0 Å². The first-order valence-electron chi connectivity index (χ1n) is 7.28. The summed E-state index contributed by atoms with van der Waals surface area (Å²) in [7, 11) is 0. The molecule has 5 heteroatoms. The first kappa shape index (κ1) is 11.9. The van der Waals surface area contributed by atoms with E-state index in [1.165, 1.54) is 32.3 Å². The summed E-state index contributed by atoms with van der Waals surface area (Å²) >= 11 is 0. The molecular formula is C15H18N4O. The largest absolute Gasteiger partial charge is 0.367 e. The number of aromatic nitrogens is 2. The molecule has 0 spiro atoms. The number of benzene rings is 1. The normalized spacial score (nSPS) is 25.9. The minimum atomic E-state index is -0.0558. The lowest BCUT2D eigenvalue weighted by Gasteiger charge is -2.33. The molecule has 3 saturated heterocycles. The van der Waals surface area contributed by atoms with E-state index in [2.05, 4.69) is 25.8 Å². The summed E-state index contributed by atoms with van der Waals surface area (Å²) in [5, 5.41) is 0.684. The molecule has 2 bridgehead atoms. The second kappa shape index (κ2) is 4.59. The van der Waals surface area contributed by atoms with Crippen LogP contribution in [0.5, 0.6) is 0 Å². The van der Waals surface area contributed by atoms with Crippen LogP contribution in [0.2, 0.25) is 0 Å². The van der Waals surface area contributed by atoms with Gasteiger partial charge in [0.05, 0.1) is 17.2 Å². The van der Waals surface area contributed by atoms with Crippen LogP contribution in [0.25, 0.3) is 10.9 Å². The van der Waals surface area contributed by atoms with Crippen LogP contribution in [0, 0.1) is 0 Å². The molecule has 1 aromatic heterocycles.